The summed E-state index contributed by atoms with van der Waals surface area (Å²) in [5.41, 5.74) is 1.17. The Labute approximate surface area is 99.0 Å². The molecular formula is C14H24O2. The lowest BCUT2D eigenvalue weighted by atomic mass is 10.0. The summed E-state index contributed by atoms with van der Waals surface area (Å²) in [6, 6.07) is 0. The molecule has 0 radical (unpaired) electrons. The number of hydrogen-bond acceptors (Lipinski definition) is 2. The molecule has 0 saturated carbocycles. The minimum atomic E-state index is -0.179. The summed E-state index contributed by atoms with van der Waals surface area (Å²) in [6.07, 6.45) is 8.83. The van der Waals surface area contributed by atoms with Crippen molar-refractivity contribution in [2.45, 2.75) is 64.3 Å². The molecule has 0 aromatic rings. The van der Waals surface area contributed by atoms with E-state index in [4.69, 9.17) is 4.74 Å². The Morgan fingerprint density at radius 1 is 1.56 bits per heavy atom. The van der Waals surface area contributed by atoms with Crippen LogP contribution in [0.2, 0.25) is 0 Å². The molecule has 0 bridgehead atoms. The number of aliphatic hydroxyl groups is 1. The second kappa shape index (κ2) is 6.87. The number of aliphatic hydroxyl groups excluding tert-OH is 1. The Hall–Kier alpha value is -0.600. The van der Waals surface area contributed by atoms with Gasteiger partial charge in [-0.1, -0.05) is 32.1 Å². The fraction of sp³-hybridized carbons (Fsp3) is 0.714. The molecule has 1 aliphatic heterocycles. The van der Waals surface area contributed by atoms with E-state index < -0.39 is 0 Å². The van der Waals surface area contributed by atoms with Crippen molar-refractivity contribution in [2.75, 3.05) is 0 Å². The van der Waals surface area contributed by atoms with E-state index in [0.717, 1.165) is 32.1 Å². The van der Waals surface area contributed by atoms with Crippen LogP contribution in [0.4, 0.5) is 0 Å². The summed E-state index contributed by atoms with van der Waals surface area (Å²) in [5, 5.41) is 9.67. The van der Waals surface area contributed by atoms with Crippen molar-refractivity contribution in [1.29, 1.82) is 0 Å². The third-order valence-corrected chi connectivity index (χ3v) is 3.05. The third-order valence-electron chi connectivity index (χ3n) is 3.05. The van der Waals surface area contributed by atoms with Crippen molar-refractivity contribution in [3.8, 4) is 0 Å². The zero-order valence-corrected chi connectivity index (χ0v) is 10.5. The molecule has 16 heavy (non-hydrogen) atoms. The lowest BCUT2D eigenvalue weighted by Gasteiger charge is -2.14. The topological polar surface area (TPSA) is 29.5 Å². The molecule has 1 rings (SSSR count). The van der Waals surface area contributed by atoms with E-state index in [9.17, 15) is 5.11 Å². The first-order chi connectivity index (χ1) is 7.67. The lowest BCUT2D eigenvalue weighted by Crippen LogP contribution is -2.14. The van der Waals surface area contributed by atoms with Crippen LogP contribution in [-0.4, -0.2) is 23.4 Å². The maximum atomic E-state index is 9.67. The number of hydrogen-bond donors (Lipinski definition) is 1. The largest absolute Gasteiger partial charge is 0.393 e. The quantitative estimate of drug-likeness (QED) is 0.702. The minimum absolute atomic E-state index is 0.146. The highest BCUT2D eigenvalue weighted by atomic mass is 16.5. The summed E-state index contributed by atoms with van der Waals surface area (Å²) in [7, 11) is 0. The minimum Gasteiger partial charge on any atom is -0.393 e. The van der Waals surface area contributed by atoms with Crippen LogP contribution in [0.15, 0.2) is 24.3 Å². The summed E-state index contributed by atoms with van der Waals surface area (Å²) >= 11 is 0. The second-order valence-corrected chi connectivity index (χ2v) is 4.57. The van der Waals surface area contributed by atoms with Gasteiger partial charge in [-0.2, -0.15) is 0 Å². The maximum Gasteiger partial charge on any atom is 0.0801 e. The molecule has 1 heterocycles. The van der Waals surface area contributed by atoms with Gasteiger partial charge in [-0.15, -0.1) is 0 Å². The van der Waals surface area contributed by atoms with Gasteiger partial charge in [0.2, 0.25) is 0 Å². The predicted octanol–water partition coefficient (Wildman–Crippen LogP) is 3.22. The van der Waals surface area contributed by atoms with Gasteiger partial charge < -0.3 is 9.84 Å². The zero-order valence-electron chi connectivity index (χ0n) is 10.5. The van der Waals surface area contributed by atoms with E-state index in [1.165, 1.54) is 5.57 Å². The Morgan fingerprint density at radius 2 is 2.31 bits per heavy atom. The molecule has 3 atom stereocenters. The van der Waals surface area contributed by atoms with E-state index >= 15 is 0 Å². The third kappa shape index (κ3) is 4.11. The van der Waals surface area contributed by atoms with Gasteiger partial charge >= 0.3 is 0 Å². The monoisotopic (exact) mass is 224 g/mol. The molecule has 0 aromatic carbocycles. The van der Waals surface area contributed by atoms with Crippen molar-refractivity contribution < 1.29 is 9.84 Å². The highest BCUT2D eigenvalue weighted by Gasteiger charge is 2.26. The zero-order chi connectivity index (χ0) is 12.0. The molecule has 0 aromatic heterocycles. The van der Waals surface area contributed by atoms with Crippen molar-refractivity contribution in [3.63, 3.8) is 0 Å². The number of allylic oxidation sites excluding steroid dienone is 1. The Balaban J connectivity index is 2.30. The Kier molecular flexibility index (Phi) is 5.78. The van der Waals surface area contributed by atoms with Crippen LogP contribution >= 0.6 is 0 Å². The van der Waals surface area contributed by atoms with Crippen molar-refractivity contribution >= 4 is 0 Å². The SMILES string of the molecule is C=C1C[C@H](/C=C/C)O[C@H]1CC[C@H](O)CCC. The van der Waals surface area contributed by atoms with E-state index in [-0.39, 0.29) is 18.3 Å². The molecule has 1 aliphatic rings. The first-order valence-electron chi connectivity index (χ1n) is 6.31. The van der Waals surface area contributed by atoms with Crippen LogP contribution in [0, 0.1) is 0 Å². The molecule has 0 amide bonds. The average molecular weight is 224 g/mol. The van der Waals surface area contributed by atoms with Gasteiger partial charge in [0.05, 0.1) is 18.3 Å². The average Bonchev–Trinajstić information content (AvgIpc) is 2.57. The van der Waals surface area contributed by atoms with Crippen LogP contribution in [0.25, 0.3) is 0 Å². The van der Waals surface area contributed by atoms with Crippen molar-refractivity contribution in [2.24, 2.45) is 0 Å². The van der Waals surface area contributed by atoms with Crippen molar-refractivity contribution in [1.82, 2.24) is 0 Å². The van der Waals surface area contributed by atoms with Gasteiger partial charge in [0, 0.05) is 6.42 Å². The molecule has 1 N–H and O–H groups in total. The van der Waals surface area contributed by atoms with E-state index in [1.54, 1.807) is 0 Å². The molecule has 1 saturated heterocycles. The van der Waals surface area contributed by atoms with Gasteiger partial charge in [0.25, 0.3) is 0 Å². The smallest absolute Gasteiger partial charge is 0.0801 e. The summed E-state index contributed by atoms with van der Waals surface area (Å²) in [5.74, 6) is 0. The molecule has 0 unspecified atom stereocenters. The first kappa shape index (κ1) is 13.5. The summed E-state index contributed by atoms with van der Waals surface area (Å²) in [6.45, 7) is 8.15. The highest BCUT2D eigenvalue weighted by Crippen LogP contribution is 2.28. The van der Waals surface area contributed by atoms with E-state index in [0.29, 0.717) is 0 Å². The maximum absolute atomic E-state index is 9.67. The number of ether oxygens (including phenoxy) is 1. The highest BCUT2D eigenvalue weighted by molar-refractivity contribution is 5.13. The first-order valence-corrected chi connectivity index (χ1v) is 6.31. The molecule has 1 fully saturated rings. The van der Waals surface area contributed by atoms with Gasteiger partial charge in [-0.25, -0.2) is 0 Å². The van der Waals surface area contributed by atoms with Gasteiger partial charge in [0.15, 0.2) is 0 Å². The molecule has 0 aliphatic carbocycles. The van der Waals surface area contributed by atoms with Crippen LogP contribution in [0.1, 0.15) is 46.0 Å². The fourth-order valence-electron chi connectivity index (χ4n) is 2.17. The van der Waals surface area contributed by atoms with Crippen LogP contribution in [0.3, 0.4) is 0 Å². The molecule has 0 spiro atoms. The lowest BCUT2D eigenvalue weighted by molar-refractivity contribution is 0.0596. The van der Waals surface area contributed by atoms with Gasteiger partial charge in [-0.05, 0) is 31.8 Å². The molecule has 2 heteroatoms. The number of rotatable bonds is 6. The standard InChI is InChI=1S/C14H24O2/c1-4-6-12(15)8-9-14-11(3)10-13(16-14)7-5-2/h5,7,12-15H,3-4,6,8-10H2,1-2H3/b7-5+/t12-,13+,14+/m1/s1. The Bertz CT molecular complexity index is 245. The Morgan fingerprint density at radius 3 is 2.94 bits per heavy atom. The van der Waals surface area contributed by atoms with Crippen LogP contribution in [0.5, 0.6) is 0 Å². The van der Waals surface area contributed by atoms with Crippen LogP contribution < -0.4 is 0 Å². The predicted molar refractivity (Wildman–Crippen MR) is 67.4 cm³/mol. The molecular weight excluding hydrogens is 200 g/mol. The molecule has 2 nitrogen and oxygen atoms in total. The van der Waals surface area contributed by atoms with Crippen LogP contribution in [-0.2, 0) is 4.74 Å². The van der Waals surface area contributed by atoms with E-state index in [1.807, 2.05) is 13.0 Å². The second-order valence-electron chi connectivity index (χ2n) is 4.57. The normalized spacial score (nSPS) is 27.8. The van der Waals surface area contributed by atoms with Gasteiger partial charge in [-0.3, -0.25) is 0 Å². The fourth-order valence-corrected chi connectivity index (χ4v) is 2.17. The van der Waals surface area contributed by atoms with Crippen molar-refractivity contribution in [3.05, 3.63) is 24.3 Å². The van der Waals surface area contributed by atoms with Gasteiger partial charge in [0.1, 0.15) is 0 Å². The van der Waals surface area contributed by atoms with E-state index in [2.05, 4.69) is 19.6 Å². The molecule has 92 valence electrons. The summed E-state index contributed by atoms with van der Waals surface area (Å²) < 4.78 is 5.85. The summed E-state index contributed by atoms with van der Waals surface area (Å²) in [4.78, 5) is 0.